The second-order valence-electron chi connectivity index (χ2n) is 4.13. The highest BCUT2D eigenvalue weighted by atomic mass is 15.2. The molecule has 0 spiro atoms. The maximum absolute atomic E-state index is 5.76. The number of anilines is 2. The molecule has 2 rings (SSSR count). The van der Waals surface area contributed by atoms with Crippen LogP contribution in [0, 0.1) is 0 Å². The van der Waals surface area contributed by atoms with Gasteiger partial charge in [-0.3, -0.25) is 0 Å². The van der Waals surface area contributed by atoms with Crippen LogP contribution >= 0.6 is 0 Å². The number of imidazole rings is 1. The van der Waals surface area contributed by atoms with Crippen LogP contribution in [0.15, 0.2) is 18.6 Å². The van der Waals surface area contributed by atoms with E-state index in [4.69, 9.17) is 5.73 Å². The highest BCUT2D eigenvalue weighted by Gasteiger charge is 2.06. The van der Waals surface area contributed by atoms with Gasteiger partial charge in [-0.05, 0) is 13.1 Å². The van der Waals surface area contributed by atoms with Crippen molar-refractivity contribution in [2.75, 3.05) is 37.2 Å². The van der Waals surface area contributed by atoms with Crippen LogP contribution in [0.3, 0.4) is 0 Å². The van der Waals surface area contributed by atoms with Gasteiger partial charge in [-0.2, -0.15) is 0 Å². The molecule has 0 atom stereocenters. The summed E-state index contributed by atoms with van der Waals surface area (Å²) in [6.45, 7) is 8.25. The lowest BCUT2D eigenvalue weighted by Gasteiger charge is -2.18. The molecule has 2 heterocycles. The molecule has 0 fully saturated rings. The van der Waals surface area contributed by atoms with Gasteiger partial charge >= 0.3 is 0 Å². The van der Waals surface area contributed by atoms with Gasteiger partial charge in [0.1, 0.15) is 5.82 Å². The number of nitrogens with one attached hydrogen (secondary N) is 1. The summed E-state index contributed by atoms with van der Waals surface area (Å²) < 4.78 is 1.88. The molecule has 2 aromatic heterocycles. The van der Waals surface area contributed by atoms with E-state index in [1.807, 2.05) is 10.6 Å². The number of aromatic nitrogens is 3. The molecule has 0 saturated carbocycles. The van der Waals surface area contributed by atoms with E-state index in [2.05, 4.69) is 34.0 Å². The van der Waals surface area contributed by atoms with Gasteiger partial charge in [-0.25, -0.2) is 9.97 Å². The minimum Gasteiger partial charge on any atom is -0.382 e. The normalized spacial score (nSPS) is 11.3. The van der Waals surface area contributed by atoms with Crippen molar-refractivity contribution in [2.45, 2.75) is 13.8 Å². The average Bonchev–Trinajstić information content (AvgIpc) is 2.82. The molecule has 18 heavy (non-hydrogen) atoms. The number of hydrogen-bond acceptors (Lipinski definition) is 5. The molecule has 0 bridgehead atoms. The van der Waals surface area contributed by atoms with Crippen LogP contribution in [-0.2, 0) is 0 Å². The lowest BCUT2D eigenvalue weighted by molar-refractivity contribution is 0.316. The van der Waals surface area contributed by atoms with Gasteiger partial charge in [-0.15, -0.1) is 0 Å². The van der Waals surface area contributed by atoms with E-state index in [1.54, 1.807) is 12.4 Å². The lowest BCUT2D eigenvalue weighted by atomic mass is 10.4. The maximum atomic E-state index is 5.76. The fourth-order valence-electron chi connectivity index (χ4n) is 1.94. The first-order chi connectivity index (χ1) is 8.74. The largest absolute Gasteiger partial charge is 0.382 e. The summed E-state index contributed by atoms with van der Waals surface area (Å²) in [4.78, 5) is 10.9. The number of nitrogens with zero attached hydrogens (tertiary/aromatic N) is 4. The zero-order valence-corrected chi connectivity index (χ0v) is 10.9. The average molecular weight is 248 g/mol. The number of nitrogens with two attached hydrogens (primary N) is 1. The standard InChI is InChI=1S/C12H20N6/c1-3-17(4-2)7-5-14-11-12-15-6-8-18(12)9-10(13)16-11/h6,8-9H,3-5,7,13H2,1-2H3,(H,14,16). The molecule has 0 aliphatic rings. The molecule has 0 saturated heterocycles. The SMILES string of the molecule is CCN(CC)CCNc1nc(N)cn2ccnc12. The third kappa shape index (κ3) is 2.70. The zero-order chi connectivity index (χ0) is 13.0. The Kier molecular flexibility index (Phi) is 3.99. The summed E-state index contributed by atoms with van der Waals surface area (Å²) in [7, 11) is 0. The third-order valence-corrected chi connectivity index (χ3v) is 3.01. The topological polar surface area (TPSA) is 71.5 Å². The molecule has 0 amide bonds. The van der Waals surface area contributed by atoms with Crippen LogP contribution in [0.1, 0.15) is 13.8 Å². The highest BCUT2D eigenvalue weighted by Crippen LogP contribution is 2.13. The van der Waals surface area contributed by atoms with E-state index in [0.717, 1.165) is 37.6 Å². The summed E-state index contributed by atoms with van der Waals surface area (Å²) in [6.07, 6.45) is 5.37. The quantitative estimate of drug-likeness (QED) is 0.800. The van der Waals surface area contributed by atoms with Crippen molar-refractivity contribution in [3.05, 3.63) is 18.6 Å². The van der Waals surface area contributed by atoms with Crippen molar-refractivity contribution < 1.29 is 0 Å². The highest BCUT2D eigenvalue weighted by molar-refractivity contribution is 5.64. The van der Waals surface area contributed by atoms with E-state index in [9.17, 15) is 0 Å². The Balaban J connectivity index is 2.05. The Morgan fingerprint density at radius 2 is 2.17 bits per heavy atom. The second kappa shape index (κ2) is 5.68. The maximum Gasteiger partial charge on any atom is 0.180 e. The summed E-state index contributed by atoms with van der Waals surface area (Å²) >= 11 is 0. The van der Waals surface area contributed by atoms with Crippen LogP contribution in [0.4, 0.5) is 11.6 Å². The Morgan fingerprint density at radius 1 is 1.39 bits per heavy atom. The Morgan fingerprint density at radius 3 is 2.89 bits per heavy atom. The van der Waals surface area contributed by atoms with Gasteiger partial charge < -0.3 is 20.4 Å². The zero-order valence-electron chi connectivity index (χ0n) is 10.9. The molecule has 0 aliphatic heterocycles. The fourth-order valence-corrected chi connectivity index (χ4v) is 1.94. The van der Waals surface area contributed by atoms with Crippen molar-refractivity contribution in [1.82, 2.24) is 19.3 Å². The van der Waals surface area contributed by atoms with Crippen molar-refractivity contribution >= 4 is 17.3 Å². The Bertz CT molecular complexity index is 502. The number of hydrogen-bond donors (Lipinski definition) is 2. The number of rotatable bonds is 6. The summed E-state index contributed by atoms with van der Waals surface area (Å²) in [5.41, 5.74) is 6.57. The summed E-state index contributed by atoms with van der Waals surface area (Å²) in [6, 6.07) is 0. The van der Waals surface area contributed by atoms with Crippen LogP contribution in [0.25, 0.3) is 5.65 Å². The van der Waals surface area contributed by atoms with E-state index < -0.39 is 0 Å². The first kappa shape index (κ1) is 12.6. The summed E-state index contributed by atoms with van der Waals surface area (Å²) in [5.74, 6) is 1.23. The fraction of sp³-hybridized carbons (Fsp3) is 0.500. The van der Waals surface area contributed by atoms with Crippen LogP contribution in [0.2, 0.25) is 0 Å². The minimum absolute atomic E-state index is 0.492. The van der Waals surface area contributed by atoms with Gasteiger partial charge in [0.15, 0.2) is 11.5 Å². The number of nitrogen functional groups attached to an aromatic ring is 1. The first-order valence-corrected chi connectivity index (χ1v) is 6.30. The van der Waals surface area contributed by atoms with E-state index in [1.165, 1.54) is 0 Å². The Hall–Kier alpha value is -1.82. The van der Waals surface area contributed by atoms with Crippen LogP contribution < -0.4 is 11.1 Å². The molecule has 98 valence electrons. The van der Waals surface area contributed by atoms with Crippen molar-refractivity contribution in [3.8, 4) is 0 Å². The second-order valence-corrected chi connectivity index (χ2v) is 4.13. The molecule has 2 aromatic rings. The lowest BCUT2D eigenvalue weighted by Crippen LogP contribution is -2.28. The van der Waals surface area contributed by atoms with E-state index >= 15 is 0 Å². The van der Waals surface area contributed by atoms with Crippen molar-refractivity contribution in [3.63, 3.8) is 0 Å². The molecular formula is C12H20N6. The van der Waals surface area contributed by atoms with Gasteiger partial charge in [0.25, 0.3) is 0 Å². The predicted molar refractivity (Wildman–Crippen MR) is 73.7 cm³/mol. The molecule has 6 nitrogen and oxygen atoms in total. The summed E-state index contributed by atoms with van der Waals surface area (Å²) in [5, 5.41) is 3.30. The number of fused-ring (bicyclic) bond motifs is 1. The van der Waals surface area contributed by atoms with E-state index in [0.29, 0.717) is 5.82 Å². The Labute approximate surface area is 107 Å². The van der Waals surface area contributed by atoms with Gasteiger partial charge in [0.05, 0.1) is 6.20 Å². The van der Waals surface area contributed by atoms with Crippen molar-refractivity contribution in [1.29, 1.82) is 0 Å². The van der Waals surface area contributed by atoms with Gasteiger partial charge in [-0.1, -0.05) is 13.8 Å². The minimum atomic E-state index is 0.492. The van der Waals surface area contributed by atoms with Gasteiger partial charge in [0.2, 0.25) is 0 Å². The first-order valence-electron chi connectivity index (χ1n) is 6.30. The molecule has 3 N–H and O–H groups in total. The molecule has 0 aromatic carbocycles. The smallest absolute Gasteiger partial charge is 0.180 e. The molecule has 0 radical (unpaired) electrons. The van der Waals surface area contributed by atoms with E-state index in [-0.39, 0.29) is 0 Å². The molecule has 0 unspecified atom stereocenters. The van der Waals surface area contributed by atoms with Crippen molar-refractivity contribution in [2.24, 2.45) is 0 Å². The monoisotopic (exact) mass is 248 g/mol. The molecular weight excluding hydrogens is 228 g/mol. The van der Waals surface area contributed by atoms with Crippen LogP contribution in [0.5, 0.6) is 0 Å². The predicted octanol–water partition coefficient (Wildman–Crippen LogP) is 1.07. The third-order valence-electron chi connectivity index (χ3n) is 3.01. The number of likely N-dealkylation sites (N-methyl/N-ethyl adjacent to an activating group) is 1. The van der Waals surface area contributed by atoms with Gasteiger partial charge in [0, 0.05) is 25.5 Å². The van der Waals surface area contributed by atoms with Crippen LogP contribution in [-0.4, -0.2) is 45.4 Å². The molecule has 6 heteroatoms. The molecule has 0 aliphatic carbocycles.